The number of hydrogen-bond donors (Lipinski definition) is 0. The van der Waals surface area contributed by atoms with Crippen molar-refractivity contribution in [1.82, 2.24) is 14.5 Å². The van der Waals surface area contributed by atoms with Gasteiger partial charge in [-0.15, -0.1) is 11.6 Å². The lowest BCUT2D eigenvalue weighted by atomic mass is 10.4. The SMILES string of the molecule is COc1ccc2nc(CCl)n(CCS(C)=O)c2n1. The first kappa shape index (κ1) is 13.3. The van der Waals surface area contributed by atoms with E-state index in [0.717, 1.165) is 17.0 Å². The molecule has 0 saturated heterocycles. The van der Waals surface area contributed by atoms with E-state index in [4.69, 9.17) is 16.3 Å². The zero-order valence-corrected chi connectivity index (χ0v) is 11.8. The monoisotopic (exact) mass is 287 g/mol. The lowest BCUT2D eigenvalue weighted by Gasteiger charge is -2.06. The summed E-state index contributed by atoms with van der Waals surface area (Å²) in [4.78, 5) is 8.76. The lowest BCUT2D eigenvalue weighted by molar-refractivity contribution is 0.399. The molecule has 0 fully saturated rings. The molecular formula is C11H14ClN3O2S. The van der Waals surface area contributed by atoms with Gasteiger partial charge in [-0.25, -0.2) is 4.98 Å². The van der Waals surface area contributed by atoms with Gasteiger partial charge in [0, 0.05) is 35.4 Å². The number of halogens is 1. The van der Waals surface area contributed by atoms with Crippen LogP contribution in [0.25, 0.3) is 11.2 Å². The molecule has 1 atom stereocenters. The molecule has 5 nitrogen and oxygen atoms in total. The van der Waals surface area contributed by atoms with Crippen LogP contribution in [0.15, 0.2) is 12.1 Å². The summed E-state index contributed by atoms with van der Waals surface area (Å²) in [6.07, 6.45) is 1.67. The molecule has 98 valence electrons. The maximum atomic E-state index is 11.2. The number of ether oxygens (including phenoxy) is 1. The van der Waals surface area contributed by atoms with Crippen LogP contribution >= 0.6 is 11.6 Å². The molecule has 0 aliphatic carbocycles. The van der Waals surface area contributed by atoms with Gasteiger partial charge in [-0.3, -0.25) is 4.21 Å². The molecule has 0 radical (unpaired) electrons. The van der Waals surface area contributed by atoms with Crippen LogP contribution in [-0.2, 0) is 23.2 Å². The maximum absolute atomic E-state index is 11.2. The van der Waals surface area contributed by atoms with Crippen molar-refractivity contribution in [1.29, 1.82) is 0 Å². The molecule has 2 rings (SSSR count). The van der Waals surface area contributed by atoms with Gasteiger partial charge in [0.25, 0.3) is 0 Å². The van der Waals surface area contributed by atoms with E-state index in [1.54, 1.807) is 19.4 Å². The Morgan fingerprint density at radius 2 is 2.22 bits per heavy atom. The number of aromatic nitrogens is 3. The van der Waals surface area contributed by atoms with Crippen LogP contribution in [-0.4, -0.2) is 37.9 Å². The van der Waals surface area contributed by atoms with Crippen molar-refractivity contribution in [3.63, 3.8) is 0 Å². The normalized spacial score (nSPS) is 12.8. The van der Waals surface area contributed by atoms with E-state index in [-0.39, 0.29) is 0 Å². The van der Waals surface area contributed by atoms with Gasteiger partial charge in [0.2, 0.25) is 5.88 Å². The number of imidazole rings is 1. The predicted octanol–water partition coefficient (Wildman–Crippen LogP) is 1.56. The molecule has 2 aromatic rings. The molecular weight excluding hydrogens is 274 g/mol. The van der Waals surface area contributed by atoms with Gasteiger partial charge in [-0.2, -0.15) is 4.98 Å². The molecule has 0 aliphatic rings. The molecule has 0 saturated carbocycles. The quantitative estimate of drug-likeness (QED) is 0.783. The highest BCUT2D eigenvalue weighted by atomic mass is 35.5. The molecule has 0 spiro atoms. The van der Waals surface area contributed by atoms with E-state index in [0.29, 0.717) is 24.1 Å². The Hall–Kier alpha value is -1.14. The molecule has 0 amide bonds. The Kier molecular flexibility index (Phi) is 4.19. The highest BCUT2D eigenvalue weighted by Crippen LogP contribution is 2.19. The highest BCUT2D eigenvalue weighted by molar-refractivity contribution is 7.84. The first-order valence-corrected chi connectivity index (χ1v) is 7.68. The second-order valence-electron chi connectivity index (χ2n) is 3.79. The summed E-state index contributed by atoms with van der Waals surface area (Å²) in [6, 6.07) is 3.60. The summed E-state index contributed by atoms with van der Waals surface area (Å²) in [5.74, 6) is 2.11. The molecule has 18 heavy (non-hydrogen) atoms. The largest absolute Gasteiger partial charge is 0.481 e. The van der Waals surface area contributed by atoms with E-state index in [1.807, 2.05) is 10.6 Å². The van der Waals surface area contributed by atoms with Gasteiger partial charge in [0.1, 0.15) is 11.3 Å². The van der Waals surface area contributed by atoms with Crippen LogP contribution in [0.2, 0.25) is 0 Å². The molecule has 0 aromatic carbocycles. The highest BCUT2D eigenvalue weighted by Gasteiger charge is 2.12. The smallest absolute Gasteiger partial charge is 0.215 e. The number of methoxy groups -OCH3 is 1. The van der Waals surface area contributed by atoms with Gasteiger partial charge in [-0.05, 0) is 6.07 Å². The number of fused-ring (bicyclic) bond motifs is 1. The first-order chi connectivity index (χ1) is 8.65. The minimum atomic E-state index is -0.861. The fourth-order valence-electron chi connectivity index (χ4n) is 1.70. The summed E-state index contributed by atoms with van der Waals surface area (Å²) >= 11 is 5.87. The van der Waals surface area contributed by atoms with Crippen LogP contribution in [0.4, 0.5) is 0 Å². The third-order valence-electron chi connectivity index (χ3n) is 2.58. The van der Waals surface area contributed by atoms with E-state index < -0.39 is 10.8 Å². The lowest BCUT2D eigenvalue weighted by Crippen LogP contribution is -2.09. The number of aryl methyl sites for hydroxylation is 1. The molecule has 0 N–H and O–H groups in total. The topological polar surface area (TPSA) is 57.0 Å². The number of rotatable bonds is 5. The summed E-state index contributed by atoms with van der Waals surface area (Å²) in [6.45, 7) is 0.585. The minimum Gasteiger partial charge on any atom is -0.481 e. The van der Waals surface area contributed by atoms with Crippen molar-refractivity contribution in [3.8, 4) is 5.88 Å². The van der Waals surface area contributed by atoms with Gasteiger partial charge in [-0.1, -0.05) is 0 Å². The Labute approximate surface area is 113 Å². The van der Waals surface area contributed by atoms with Crippen LogP contribution in [0.5, 0.6) is 5.88 Å². The molecule has 0 aliphatic heterocycles. The average Bonchev–Trinajstić information content (AvgIpc) is 2.72. The Balaban J connectivity index is 2.48. The second kappa shape index (κ2) is 5.67. The summed E-state index contributed by atoms with van der Waals surface area (Å²) in [5, 5.41) is 0. The van der Waals surface area contributed by atoms with Crippen molar-refractivity contribution in [3.05, 3.63) is 18.0 Å². The minimum absolute atomic E-state index is 0.301. The maximum Gasteiger partial charge on any atom is 0.215 e. The number of pyridine rings is 1. The molecule has 2 heterocycles. The average molecular weight is 288 g/mol. The van der Waals surface area contributed by atoms with E-state index in [1.165, 1.54) is 0 Å². The van der Waals surface area contributed by atoms with E-state index in [2.05, 4.69) is 9.97 Å². The zero-order valence-electron chi connectivity index (χ0n) is 10.2. The van der Waals surface area contributed by atoms with Crippen molar-refractivity contribution in [2.75, 3.05) is 19.1 Å². The first-order valence-electron chi connectivity index (χ1n) is 5.42. The van der Waals surface area contributed by atoms with E-state index >= 15 is 0 Å². The van der Waals surface area contributed by atoms with Gasteiger partial charge < -0.3 is 9.30 Å². The van der Waals surface area contributed by atoms with Gasteiger partial charge in [0.05, 0.1) is 13.0 Å². The van der Waals surface area contributed by atoms with Crippen LogP contribution in [0.3, 0.4) is 0 Å². The number of alkyl halides is 1. The standard InChI is InChI=1S/C11H14ClN3O2S/c1-17-10-4-3-8-11(14-10)15(5-6-18(2)16)9(7-12)13-8/h3-4H,5-7H2,1-2H3. The fraction of sp³-hybridized carbons (Fsp3) is 0.455. The van der Waals surface area contributed by atoms with Gasteiger partial charge >= 0.3 is 0 Å². The Morgan fingerprint density at radius 1 is 1.44 bits per heavy atom. The Morgan fingerprint density at radius 3 is 2.83 bits per heavy atom. The summed E-state index contributed by atoms with van der Waals surface area (Å²) in [5.41, 5.74) is 1.49. The van der Waals surface area contributed by atoms with Crippen LogP contribution in [0, 0.1) is 0 Å². The van der Waals surface area contributed by atoms with Crippen LogP contribution < -0.4 is 4.74 Å². The van der Waals surface area contributed by atoms with Crippen molar-refractivity contribution in [2.45, 2.75) is 12.4 Å². The van der Waals surface area contributed by atoms with Crippen molar-refractivity contribution >= 4 is 33.6 Å². The Bertz CT molecular complexity index is 585. The number of nitrogens with zero attached hydrogens (tertiary/aromatic N) is 3. The molecule has 0 bridgehead atoms. The molecule has 1 unspecified atom stereocenters. The fourth-order valence-corrected chi connectivity index (χ4v) is 2.35. The molecule has 7 heteroatoms. The summed E-state index contributed by atoms with van der Waals surface area (Å²) in [7, 11) is 0.707. The van der Waals surface area contributed by atoms with E-state index in [9.17, 15) is 4.21 Å². The zero-order chi connectivity index (χ0) is 13.1. The van der Waals surface area contributed by atoms with Crippen molar-refractivity contribution < 1.29 is 8.95 Å². The number of hydrogen-bond acceptors (Lipinski definition) is 4. The summed E-state index contributed by atoms with van der Waals surface area (Å²) < 4.78 is 18.2. The third-order valence-corrected chi connectivity index (χ3v) is 3.57. The predicted molar refractivity (Wildman–Crippen MR) is 72.6 cm³/mol. The van der Waals surface area contributed by atoms with Crippen LogP contribution in [0.1, 0.15) is 5.82 Å². The van der Waals surface area contributed by atoms with Crippen molar-refractivity contribution in [2.24, 2.45) is 0 Å². The third kappa shape index (κ3) is 2.64. The molecule has 2 aromatic heterocycles. The van der Waals surface area contributed by atoms with Gasteiger partial charge in [0.15, 0.2) is 5.65 Å². The second-order valence-corrected chi connectivity index (χ2v) is 5.61.